The van der Waals surface area contributed by atoms with Crippen molar-refractivity contribution in [1.82, 2.24) is 10.3 Å². The van der Waals surface area contributed by atoms with Crippen LogP contribution >= 0.6 is 0 Å². The summed E-state index contributed by atoms with van der Waals surface area (Å²) >= 11 is 0. The molecule has 0 aliphatic carbocycles. The zero-order chi connectivity index (χ0) is 14.3. The van der Waals surface area contributed by atoms with Crippen molar-refractivity contribution in [3.05, 3.63) is 24.0 Å². The lowest BCUT2D eigenvalue weighted by Gasteiger charge is -2.09. The number of rotatable bonds is 7. The van der Waals surface area contributed by atoms with Gasteiger partial charge in [0.1, 0.15) is 5.69 Å². The van der Waals surface area contributed by atoms with Crippen molar-refractivity contribution in [3.63, 3.8) is 0 Å². The molecule has 0 radical (unpaired) electrons. The highest BCUT2D eigenvalue weighted by Crippen LogP contribution is 2.07. The van der Waals surface area contributed by atoms with E-state index in [-0.39, 0.29) is 11.2 Å². The molecular weight excluding hydrogens is 262 g/mol. The third-order valence-corrected chi connectivity index (χ3v) is 4.15. The van der Waals surface area contributed by atoms with Crippen LogP contribution in [0.3, 0.4) is 0 Å². The lowest BCUT2D eigenvalue weighted by Crippen LogP contribution is -2.28. The van der Waals surface area contributed by atoms with Crippen molar-refractivity contribution < 1.29 is 9.00 Å². The highest BCUT2D eigenvalue weighted by atomic mass is 32.2. The Bertz CT molecular complexity index is 451. The smallest absolute Gasteiger partial charge is 0.269 e. The number of carbonyl (C=O) groups is 1. The Labute approximate surface area is 116 Å². The first kappa shape index (κ1) is 15.6. The van der Waals surface area contributed by atoms with Crippen LogP contribution in [0.25, 0.3) is 0 Å². The predicted molar refractivity (Wildman–Crippen MR) is 78.9 cm³/mol. The van der Waals surface area contributed by atoms with Gasteiger partial charge in [0.25, 0.3) is 5.91 Å². The van der Waals surface area contributed by atoms with Crippen LogP contribution in [0.2, 0.25) is 0 Å². The molecule has 0 fully saturated rings. The van der Waals surface area contributed by atoms with Crippen LogP contribution in [-0.4, -0.2) is 39.7 Å². The van der Waals surface area contributed by atoms with Gasteiger partial charge in [-0.2, -0.15) is 0 Å². The van der Waals surface area contributed by atoms with Gasteiger partial charge in [0.05, 0.1) is 0 Å². The van der Waals surface area contributed by atoms with E-state index < -0.39 is 10.8 Å². The third kappa shape index (κ3) is 5.38. The van der Waals surface area contributed by atoms with Crippen molar-refractivity contribution in [1.29, 1.82) is 0 Å². The molecule has 0 saturated heterocycles. The van der Waals surface area contributed by atoms with E-state index in [0.29, 0.717) is 18.7 Å². The maximum absolute atomic E-state index is 11.9. The number of nitrogens with one attached hydrogen (secondary N) is 2. The van der Waals surface area contributed by atoms with Gasteiger partial charge in [-0.15, -0.1) is 0 Å². The second-order valence-corrected chi connectivity index (χ2v) is 6.12. The number of carbonyl (C=O) groups excluding carboxylic acids is 1. The van der Waals surface area contributed by atoms with E-state index in [0.717, 1.165) is 12.2 Å². The standard InChI is InChI=1S/C13H21N3O2S/c1-4-14-11-6-8-15-12(9-11)13(17)16-7-5-10(2)19(3)18/h6,8-10H,4-5,7H2,1-3H3,(H,14,15)(H,16,17). The van der Waals surface area contributed by atoms with Crippen LogP contribution in [0.1, 0.15) is 30.8 Å². The minimum absolute atomic E-state index is 0.0846. The summed E-state index contributed by atoms with van der Waals surface area (Å²) in [6.07, 6.45) is 3.98. The van der Waals surface area contributed by atoms with Gasteiger partial charge in [-0.05, 0) is 25.5 Å². The van der Waals surface area contributed by atoms with E-state index in [1.54, 1.807) is 18.5 Å². The van der Waals surface area contributed by atoms with Crippen LogP contribution in [0.15, 0.2) is 18.3 Å². The monoisotopic (exact) mass is 283 g/mol. The van der Waals surface area contributed by atoms with E-state index in [1.165, 1.54) is 0 Å². The third-order valence-electron chi connectivity index (χ3n) is 2.78. The Hall–Kier alpha value is -1.43. The maximum atomic E-state index is 11.9. The molecule has 2 atom stereocenters. The van der Waals surface area contributed by atoms with Crippen molar-refractivity contribution in [2.24, 2.45) is 0 Å². The molecule has 0 spiro atoms. The summed E-state index contributed by atoms with van der Waals surface area (Å²) in [5, 5.41) is 6.01. The Kier molecular flexibility index (Phi) is 6.49. The Morgan fingerprint density at radius 3 is 2.89 bits per heavy atom. The molecule has 0 aromatic carbocycles. The predicted octanol–water partition coefficient (Wildman–Crippen LogP) is 1.40. The summed E-state index contributed by atoms with van der Waals surface area (Å²) in [5.74, 6) is -0.200. The topological polar surface area (TPSA) is 71.1 Å². The quantitative estimate of drug-likeness (QED) is 0.793. The minimum atomic E-state index is -0.853. The molecule has 0 saturated carbocycles. The summed E-state index contributed by atoms with van der Waals surface area (Å²) in [4.78, 5) is 15.9. The molecule has 1 heterocycles. The Balaban J connectivity index is 2.49. The number of aromatic nitrogens is 1. The van der Waals surface area contributed by atoms with Gasteiger partial charge in [-0.3, -0.25) is 14.0 Å². The Morgan fingerprint density at radius 2 is 2.26 bits per heavy atom. The molecule has 0 aliphatic rings. The molecule has 19 heavy (non-hydrogen) atoms. The normalized spacial score (nSPS) is 13.6. The molecule has 2 N–H and O–H groups in total. The summed E-state index contributed by atoms with van der Waals surface area (Å²) < 4.78 is 11.2. The number of pyridine rings is 1. The molecular formula is C13H21N3O2S. The van der Waals surface area contributed by atoms with Gasteiger partial charge in [-0.1, -0.05) is 6.92 Å². The van der Waals surface area contributed by atoms with E-state index in [1.807, 2.05) is 19.9 Å². The molecule has 2 unspecified atom stereocenters. The number of nitrogens with zero attached hydrogens (tertiary/aromatic N) is 1. The molecule has 0 bridgehead atoms. The highest BCUT2D eigenvalue weighted by molar-refractivity contribution is 7.84. The van der Waals surface area contributed by atoms with Crippen LogP contribution in [-0.2, 0) is 10.8 Å². The fraction of sp³-hybridized carbons (Fsp3) is 0.538. The molecule has 1 rings (SSSR count). The van der Waals surface area contributed by atoms with E-state index >= 15 is 0 Å². The van der Waals surface area contributed by atoms with E-state index in [2.05, 4.69) is 15.6 Å². The lowest BCUT2D eigenvalue weighted by atomic mass is 10.3. The highest BCUT2D eigenvalue weighted by Gasteiger charge is 2.10. The maximum Gasteiger partial charge on any atom is 0.269 e. The number of hydrogen-bond donors (Lipinski definition) is 2. The van der Waals surface area contributed by atoms with Crippen molar-refractivity contribution >= 4 is 22.4 Å². The largest absolute Gasteiger partial charge is 0.385 e. The summed E-state index contributed by atoms with van der Waals surface area (Å²) in [6.45, 7) is 5.20. The molecule has 6 heteroatoms. The zero-order valence-electron chi connectivity index (χ0n) is 11.6. The van der Waals surface area contributed by atoms with Gasteiger partial charge >= 0.3 is 0 Å². The lowest BCUT2D eigenvalue weighted by molar-refractivity contribution is 0.0948. The van der Waals surface area contributed by atoms with E-state index in [4.69, 9.17) is 0 Å². The first-order valence-corrected chi connectivity index (χ1v) is 7.97. The summed E-state index contributed by atoms with van der Waals surface area (Å²) in [7, 11) is -0.853. The minimum Gasteiger partial charge on any atom is -0.385 e. The van der Waals surface area contributed by atoms with Crippen molar-refractivity contribution in [3.8, 4) is 0 Å². The van der Waals surface area contributed by atoms with Gasteiger partial charge in [0.15, 0.2) is 0 Å². The number of anilines is 1. The SMILES string of the molecule is CCNc1ccnc(C(=O)NCCC(C)S(C)=O)c1. The number of hydrogen-bond acceptors (Lipinski definition) is 4. The molecule has 1 aromatic heterocycles. The first-order valence-electron chi connectivity index (χ1n) is 6.35. The van der Waals surface area contributed by atoms with Gasteiger partial charge in [-0.25, -0.2) is 0 Å². The van der Waals surface area contributed by atoms with Crippen LogP contribution < -0.4 is 10.6 Å². The molecule has 106 valence electrons. The first-order chi connectivity index (χ1) is 9.04. The zero-order valence-corrected chi connectivity index (χ0v) is 12.4. The molecule has 1 aromatic rings. The molecule has 5 nitrogen and oxygen atoms in total. The van der Waals surface area contributed by atoms with Gasteiger partial charge in [0, 0.05) is 47.3 Å². The van der Waals surface area contributed by atoms with Gasteiger partial charge in [0.2, 0.25) is 0 Å². The van der Waals surface area contributed by atoms with Crippen LogP contribution in [0, 0.1) is 0 Å². The Morgan fingerprint density at radius 1 is 1.53 bits per heavy atom. The van der Waals surface area contributed by atoms with Crippen molar-refractivity contribution in [2.45, 2.75) is 25.5 Å². The second kappa shape index (κ2) is 7.89. The molecule has 1 amide bonds. The number of amides is 1. The summed E-state index contributed by atoms with van der Waals surface area (Å²) in [6, 6.07) is 3.54. The van der Waals surface area contributed by atoms with Crippen molar-refractivity contribution in [2.75, 3.05) is 24.7 Å². The average Bonchev–Trinajstić information content (AvgIpc) is 2.39. The summed E-state index contributed by atoms with van der Waals surface area (Å²) in [5.41, 5.74) is 1.27. The average molecular weight is 283 g/mol. The van der Waals surface area contributed by atoms with Gasteiger partial charge < -0.3 is 10.6 Å². The fourth-order valence-corrected chi connectivity index (χ4v) is 1.96. The molecule has 0 aliphatic heterocycles. The van der Waals surface area contributed by atoms with Crippen LogP contribution in [0.4, 0.5) is 5.69 Å². The van der Waals surface area contributed by atoms with E-state index in [9.17, 15) is 9.00 Å². The fourth-order valence-electron chi connectivity index (χ4n) is 1.51. The van der Waals surface area contributed by atoms with Crippen LogP contribution in [0.5, 0.6) is 0 Å². The second-order valence-electron chi connectivity index (χ2n) is 4.31.